The number of rotatable bonds is 7. The van der Waals surface area contributed by atoms with E-state index in [0.29, 0.717) is 18.5 Å². The van der Waals surface area contributed by atoms with E-state index in [1.807, 2.05) is 37.3 Å². The molecule has 3 rings (SSSR count). The molecule has 2 amide bonds. The van der Waals surface area contributed by atoms with E-state index in [1.165, 1.54) is 29.2 Å². The average Bonchev–Trinajstić information content (AvgIpc) is 2.96. The van der Waals surface area contributed by atoms with Crippen LogP contribution in [0.2, 0.25) is 0 Å². The smallest absolute Gasteiger partial charge is 0.278 e. The van der Waals surface area contributed by atoms with Gasteiger partial charge in [0.15, 0.2) is 0 Å². The second kappa shape index (κ2) is 8.04. The third-order valence-corrected chi connectivity index (χ3v) is 4.72. The van der Waals surface area contributed by atoms with E-state index in [9.17, 15) is 19.7 Å². The first kappa shape index (κ1) is 19.3. The summed E-state index contributed by atoms with van der Waals surface area (Å²) < 4.78 is 0. The van der Waals surface area contributed by atoms with Crippen molar-refractivity contribution in [3.05, 3.63) is 76.0 Å². The number of amides is 2. The van der Waals surface area contributed by atoms with E-state index in [4.69, 9.17) is 0 Å². The molecular formula is C21H21N3O4. The van der Waals surface area contributed by atoms with Gasteiger partial charge in [0.25, 0.3) is 17.5 Å². The number of para-hydroxylation sites is 1. The zero-order valence-corrected chi connectivity index (χ0v) is 15.8. The topological polar surface area (TPSA) is 83.8 Å². The molecule has 1 aliphatic heterocycles. The first-order valence-electron chi connectivity index (χ1n) is 9.09. The van der Waals surface area contributed by atoms with Crippen molar-refractivity contribution in [1.29, 1.82) is 0 Å². The third kappa shape index (κ3) is 3.51. The number of likely N-dealkylation sites (N-methyl/N-ethyl adjacent to an activating group) is 1. The standard InChI is InChI=1S/C21H21N3O4/c1-3-4-14-23-20(25)18(15-10-12-17(13-11-15)24(27)28)19(21(23)26)22(2)16-8-6-5-7-9-16/h5-13H,3-4,14H2,1-2H3. The summed E-state index contributed by atoms with van der Waals surface area (Å²) in [5.74, 6) is -0.719. The highest BCUT2D eigenvalue weighted by Gasteiger charge is 2.40. The number of unbranched alkanes of at least 4 members (excludes halogenated alkanes) is 1. The van der Waals surface area contributed by atoms with Crippen molar-refractivity contribution < 1.29 is 14.5 Å². The molecule has 0 N–H and O–H groups in total. The van der Waals surface area contributed by atoms with Gasteiger partial charge in [0.2, 0.25) is 0 Å². The molecule has 0 atom stereocenters. The fourth-order valence-electron chi connectivity index (χ4n) is 3.18. The highest BCUT2D eigenvalue weighted by molar-refractivity contribution is 6.36. The Kier molecular flexibility index (Phi) is 5.54. The molecule has 1 aliphatic rings. The van der Waals surface area contributed by atoms with E-state index in [0.717, 1.165) is 12.1 Å². The third-order valence-electron chi connectivity index (χ3n) is 4.72. The van der Waals surface area contributed by atoms with Crippen LogP contribution in [0.1, 0.15) is 25.3 Å². The predicted octanol–water partition coefficient (Wildman–Crippen LogP) is 3.61. The molecule has 144 valence electrons. The second-order valence-electron chi connectivity index (χ2n) is 6.54. The van der Waals surface area contributed by atoms with Crippen molar-refractivity contribution >= 4 is 28.8 Å². The lowest BCUT2D eigenvalue weighted by molar-refractivity contribution is -0.384. The molecule has 1 heterocycles. The van der Waals surface area contributed by atoms with Gasteiger partial charge in [-0.3, -0.25) is 24.6 Å². The molecule has 7 nitrogen and oxygen atoms in total. The monoisotopic (exact) mass is 379 g/mol. The van der Waals surface area contributed by atoms with Gasteiger partial charge in [-0.2, -0.15) is 0 Å². The van der Waals surface area contributed by atoms with Gasteiger partial charge in [-0.25, -0.2) is 0 Å². The highest BCUT2D eigenvalue weighted by Crippen LogP contribution is 2.34. The zero-order chi connectivity index (χ0) is 20.3. The van der Waals surface area contributed by atoms with Gasteiger partial charge in [-0.1, -0.05) is 31.5 Å². The van der Waals surface area contributed by atoms with Gasteiger partial charge in [-0.15, -0.1) is 0 Å². The lowest BCUT2D eigenvalue weighted by atomic mass is 10.0. The Balaban J connectivity index is 2.10. The van der Waals surface area contributed by atoms with E-state index < -0.39 is 4.92 Å². The summed E-state index contributed by atoms with van der Waals surface area (Å²) in [7, 11) is 1.74. The molecule has 0 unspecified atom stereocenters. The van der Waals surface area contributed by atoms with Gasteiger partial charge >= 0.3 is 0 Å². The SMILES string of the molecule is CCCCN1C(=O)C(c2ccc([N+](=O)[O-])cc2)=C(N(C)c2ccccc2)C1=O. The molecular weight excluding hydrogens is 358 g/mol. The summed E-state index contributed by atoms with van der Waals surface area (Å²) in [6.07, 6.45) is 1.57. The number of anilines is 1. The van der Waals surface area contributed by atoms with Crippen molar-refractivity contribution in [1.82, 2.24) is 4.90 Å². The van der Waals surface area contributed by atoms with Gasteiger partial charge in [0, 0.05) is 31.4 Å². The molecule has 0 fully saturated rings. The summed E-state index contributed by atoms with van der Waals surface area (Å²) in [6.45, 7) is 2.34. The molecule has 0 radical (unpaired) electrons. The fourth-order valence-corrected chi connectivity index (χ4v) is 3.18. The fraction of sp³-hybridized carbons (Fsp3) is 0.238. The first-order valence-corrected chi connectivity index (χ1v) is 9.09. The van der Waals surface area contributed by atoms with Crippen LogP contribution >= 0.6 is 0 Å². The van der Waals surface area contributed by atoms with Crippen molar-refractivity contribution in [3.8, 4) is 0 Å². The maximum Gasteiger partial charge on any atom is 0.278 e. The molecule has 2 aromatic rings. The van der Waals surface area contributed by atoms with Crippen molar-refractivity contribution in [2.24, 2.45) is 0 Å². The lowest BCUT2D eigenvalue weighted by Gasteiger charge is -2.21. The van der Waals surface area contributed by atoms with Crippen LogP contribution < -0.4 is 4.90 Å². The number of imide groups is 1. The molecule has 0 aromatic heterocycles. The second-order valence-corrected chi connectivity index (χ2v) is 6.54. The van der Waals surface area contributed by atoms with Gasteiger partial charge in [0.1, 0.15) is 5.70 Å². The number of non-ortho nitro benzene ring substituents is 1. The van der Waals surface area contributed by atoms with Crippen molar-refractivity contribution in [2.75, 3.05) is 18.5 Å². The number of hydrogen-bond acceptors (Lipinski definition) is 5. The van der Waals surface area contributed by atoms with Crippen molar-refractivity contribution in [3.63, 3.8) is 0 Å². The number of nitro groups is 1. The maximum atomic E-state index is 13.1. The van der Waals surface area contributed by atoms with Crippen molar-refractivity contribution in [2.45, 2.75) is 19.8 Å². The van der Waals surface area contributed by atoms with E-state index in [2.05, 4.69) is 0 Å². The lowest BCUT2D eigenvalue weighted by Crippen LogP contribution is -2.35. The molecule has 0 saturated carbocycles. The normalized spacial score (nSPS) is 14.0. The van der Waals surface area contributed by atoms with Crippen LogP contribution in [0.25, 0.3) is 5.57 Å². The number of nitro benzene ring substituents is 1. The van der Waals surface area contributed by atoms with Crippen LogP contribution in [0.15, 0.2) is 60.3 Å². The molecule has 28 heavy (non-hydrogen) atoms. The van der Waals surface area contributed by atoms with Gasteiger partial charge in [0.05, 0.1) is 10.5 Å². The summed E-state index contributed by atoms with van der Waals surface area (Å²) in [5.41, 5.74) is 1.74. The van der Waals surface area contributed by atoms with Crippen LogP contribution in [-0.2, 0) is 9.59 Å². The van der Waals surface area contributed by atoms with E-state index in [-0.39, 0.29) is 28.8 Å². The number of carbonyl (C=O) groups is 2. The minimum Gasteiger partial charge on any atom is -0.339 e. The Hall–Kier alpha value is -3.48. The Morgan fingerprint density at radius 3 is 2.21 bits per heavy atom. The van der Waals surface area contributed by atoms with Crippen LogP contribution in [0, 0.1) is 10.1 Å². The summed E-state index contributed by atoms with van der Waals surface area (Å²) in [6, 6.07) is 15.0. The number of hydrogen-bond donors (Lipinski definition) is 0. The van der Waals surface area contributed by atoms with Crippen LogP contribution in [-0.4, -0.2) is 35.2 Å². The Labute approximate surface area is 163 Å². The first-order chi connectivity index (χ1) is 13.5. The molecule has 0 spiro atoms. The minimum absolute atomic E-state index is 0.0677. The number of nitrogens with zero attached hydrogens (tertiary/aromatic N) is 3. The molecule has 7 heteroatoms. The van der Waals surface area contributed by atoms with Crippen LogP contribution in [0.4, 0.5) is 11.4 Å². The maximum absolute atomic E-state index is 13.1. The number of carbonyl (C=O) groups excluding carboxylic acids is 2. The van der Waals surface area contributed by atoms with Gasteiger partial charge < -0.3 is 4.90 Å². The van der Waals surface area contributed by atoms with Gasteiger partial charge in [-0.05, 0) is 36.2 Å². The minimum atomic E-state index is -0.496. The zero-order valence-electron chi connectivity index (χ0n) is 15.8. The largest absolute Gasteiger partial charge is 0.339 e. The average molecular weight is 379 g/mol. The summed E-state index contributed by atoms with van der Waals surface area (Å²) >= 11 is 0. The summed E-state index contributed by atoms with van der Waals surface area (Å²) in [4.78, 5) is 39.6. The Bertz CT molecular complexity index is 936. The number of benzene rings is 2. The molecule has 2 aromatic carbocycles. The van der Waals surface area contributed by atoms with E-state index >= 15 is 0 Å². The van der Waals surface area contributed by atoms with Crippen LogP contribution in [0.5, 0.6) is 0 Å². The quantitative estimate of drug-likeness (QED) is 0.417. The van der Waals surface area contributed by atoms with Crippen LogP contribution in [0.3, 0.4) is 0 Å². The Morgan fingerprint density at radius 1 is 1.00 bits per heavy atom. The molecule has 0 saturated heterocycles. The molecule has 0 aliphatic carbocycles. The Morgan fingerprint density at radius 2 is 1.64 bits per heavy atom. The summed E-state index contributed by atoms with van der Waals surface area (Å²) in [5, 5.41) is 10.9. The molecule has 0 bridgehead atoms. The predicted molar refractivity (Wildman–Crippen MR) is 106 cm³/mol. The highest BCUT2D eigenvalue weighted by atomic mass is 16.6. The van der Waals surface area contributed by atoms with E-state index in [1.54, 1.807) is 11.9 Å².